The molecule has 2 aliphatic heterocycles. The first-order valence-corrected chi connectivity index (χ1v) is 12.1. The van der Waals surface area contributed by atoms with Gasteiger partial charge < -0.3 is 24.5 Å². The molecule has 0 spiro atoms. The van der Waals surface area contributed by atoms with Gasteiger partial charge in [0.1, 0.15) is 18.9 Å². The molecule has 0 aromatic heterocycles. The number of hydrogen-bond acceptors (Lipinski definition) is 6. The number of amides is 3. The van der Waals surface area contributed by atoms with Crippen molar-refractivity contribution in [1.82, 2.24) is 15.1 Å². The Balaban J connectivity index is 1.49. The Kier molecular flexibility index (Phi) is 8.90. The number of ether oxygens (including phenoxy) is 2. The maximum Gasteiger partial charge on any atom is 0.410 e. The fraction of sp³-hybridized carbons (Fsp3) is 0.481. The smallest absolute Gasteiger partial charge is 0.410 e. The van der Waals surface area contributed by atoms with Crippen molar-refractivity contribution < 1.29 is 28.7 Å². The van der Waals surface area contributed by atoms with Gasteiger partial charge in [-0.2, -0.15) is 0 Å². The highest BCUT2D eigenvalue weighted by atomic mass is 16.6. The third-order valence-electron chi connectivity index (χ3n) is 6.43. The van der Waals surface area contributed by atoms with Gasteiger partial charge in [-0.05, 0) is 29.5 Å². The van der Waals surface area contributed by atoms with Crippen molar-refractivity contribution in [3.8, 4) is 0 Å². The topological polar surface area (TPSA) is 105 Å². The second kappa shape index (κ2) is 11.9. The molecule has 9 nitrogen and oxygen atoms in total. The highest BCUT2D eigenvalue weighted by molar-refractivity contribution is 5.85. The van der Waals surface area contributed by atoms with E-state index in [4.69, 9.17) is 9.47 Å². The minimum atomic E-state index is -0.727. The van der Waals surface area contributed by atoms with Gasteiger partial charge in [-0.25, -0.2) is 9.59 Å². The molecular weight excluding hydrogens is 462 g/mol. The molecule has 194 valence electrons. The van der Waals surface area contributed by atoms with Gasteiger partial charge >= 0.3 is 12.2 Å². The minimum Gasteiger partial charge on any atom is -0.449 e. The van der Waals surface area contributed by atoms with Gasteiger partial charge in [0.05, 0.1) is 19.2 Å². The monoisotopic (exact) mass is 497 g/mol. The van der Waals surface area contributed by atoms with Gasteiger partial charge in [0.25, 0.3) is 0 Å². The predicted octanol–water partition coefficient (Wildman–Crippen LogP) is 3.36. The number of aldehydes is 1. The average molecular weight is 498 g/mol. The fourth-order valence-electron chi connectivity index (χ4n) is 4.52. The lowest BCUT2D eigenvalue weighted by molar-refractivity contribution is -0.133. The molecular formula is C27H35N3O6. The standard InChI is InChI=1S/C27H35N3O6/c1-5-8-19-9-7-10-20-14-29(16-23(19)20)26(34)36-22-12-21(17-31)30(15-22)24(32)13-28-25(33)35-18-27(3,4)11-6-2/h5-7,9-10,17,21-22H,1-2,8,11-16,18H2,3-4H3,(H,28,33)/t21-,22+/m0/s1. The number of benzene rings is 1. The summed E-state index contributed by atoms with van der Waals surface area (Å²) in [5.74, 6) is -0.449. The number of hydrogen-bond donors (Lipinski definition) is 1. The van der Waals surface area contributed by atoms with E-state index in [0.29, 0.717) is 25.8 Å². The molecule has 3 amide bonds. The third kappa shape index (κ3) is 6.74. The summed E-state index contributed by atoms with van der Waals surface area (Å²) in [7, 11) is 0. The zero-order chi connectivity index (χ0) is 26.3. The van der Waals surface area contributed by atoms with Crippen molar-refractivity contribution in [1.29, 1.82) is 0 Å². The van der Waals surface area contributed by atoms with E-state index in [0.717, 1.165) is 23.1 Å². The van der Waals surface area contributed by atoms with Gasteiger partial charge in [-0.1, -0.05) is 44.2 Å². The Labute approximate surface area is 212 Å². The second-order valence-corrected chi connectivity index (χ2v) is 9.98. The van der Waals surface area contributed by atoms with Crippen molar-refractivity contribution >= 4 is 24.4 Å². The lowest BCUT2D eigenvalue weighted by atomic mass is 9.91. The van der Waals surface area contributed by atoms with Crippen LogP contribution in [0.2, 0.25) is 0 Å². The number of carbonyl (C=O) groups is 4. The molecule has 1 N–H and O–H groups in total. The molecule has 0 aliphatic carbocycles. The van der Waals surface area contributed by atoms with E-state index in [1.54, 1.807) is 11.0 Å². The van der Waals surface area contributed by atoms with E-state index in [1.165, 1.54) is 4.90 Å². The van der Waals surface area contributed by atoms with Crippen LogP contribution in [-0.4, -0.2) is 66.0 Å². The summed E-state index contributed by atoms with van der Waals surface area (Å²) in [6, 6.07) is 5.26. The van der Waals surface area contributed by atoms with E-state index < -0.39 is 30.2 Å². The van der Waals surface area contributed by atoms with E-state index in [-0.39, 0.29) is 31.5 Å². The summed E-state index contributed by atoms with van der Waals surface area (Å²) in [4.78, 5) is 52.1. The number of carbonyl (C=O) groups excluding carboxylic acids is 4. The average Bonchev–Trinajstić information content (AvgIpc) is 3.46. The number of rotatable bonds is 10. The summed E-state index contributed by atoms with van der Waals surface area (Å²) in [6.45, 7) is 12.2. The molecule has 1 aromatic carbocycles. The van der Waals surface area contributed by atoms with Gasteiger partial charge in [0.2, 0.25) is 5.91 Å². The summed E-state index contributed by atoms with van der Waals surface area (Å²) < 4.78 is 10.8. The lowest BCUT2D eigenvalue weighted by Crippen LogP contribution is -2.44. The Morgan fingerprint density at radius 1 is 1.19 bits per heavy atom. The number of allylic oxidation sites excluding steroid dienone is 2. The first kappa shape index (κ1) is 27.0. The third-order valence-corrected chi connectivity index (χ3v) is 6.43. The number of likely N-dealkylation sites (tertiary alicyclic amines) is 1. The molecule has 0 saturated carbocycles. The molecule has 2 heterocycles. The number of nitrogens with zero attached hydrogens (tertiary/aromatic N) is 2. The Bertz CT molecular complexity index is 1020. The molecule has 1 fully saturated rings. The SMILES string of the molecule is C=CCc1cccc2c1CN(C(=O)O[C@@H]1C[C@@H](C=O)N(C(=O)CNC(=O)OCC(C)(C)CC=C)C1)C2. The van der Waals surface area contributed by atoms with E-state index in [9.17, 15) is 19.2 Å². The molecule has 3 rings (SSSR count). The molecule has 36 heavy (non-hydrogen) atoms. The lowest BCUT2D eigenvalue weighted by Gasteiger charge is -2.23. The molecule has 1 saturated heterocycles. The van der Waals surface area contributed by atoms with Crippen LogP contribution in [0.15, 0.2) is 43.5 Å². The fourth-order valence-corrected chi connectivity index (χ4v) is 4.52. The zero-order valence-corrected chi connectivity index (χ0v) is 21.0. The van der Waals surface area contributed by atoms with Crippen molar-refractivity contribution in [3.63, 3.8) is 0 Å². The quantitative estimate of drug-likeness (QED) is 0.393. The zero-order valence-electron chi connectivity index (χ0n) is 21.0. The van der Waals surface area contributed by atoms with E-state index >= 15 is 0 Å². The Morgan fingerprint density at radius 3 is 2.67 bits per heavy atom. The van der Waals surface area contributed by atoms with Gasteiger partial charge in [-0.15, -0.1) is 13.2 Å². The van der Waals surface area contributed by atoms with Crippen LogP contribution < -0.4 is 5.32 Å². The number of nitrogens with one attached hydrogen (secondary N) is 1. The highest BCUT2D eigenvalue weighted by Gasteiger charge is 2.38. The molecule has 2 atom stereocenters. The van der Waals surface area contributed by atoms with Gasteiger partial charge in [-0.3, -0.25) is 9.69 Å². The molecule has 2 aliphatic rings. The Hall–Kier alpha value is -3.62. The number of alkyl carbamates (subject to hydrolysis) is 1. The summed E-state index contributed by atoms with van der Waals surface area (Å²) >= 11 is 0. The van der Waals surface area contributed by atoms with Gasteiger partial charge in [0.15, 0.2) is 0 Å². The normalized spacial score (nSPS) is 18.8. The predicted molar refractivity (Wildman–Crippen MR) is 134 cm³/mol. The van der Waals surface area contributed by atoms with Crippen molar-refractivity contribution in [2.24, 2.45) is 5.41 Å². The van der Waals surface area contributed by atoms with Gasteiger partial charge in [0, 0.05) is 24.9 Å². The van der Waals surface area contributed by atoms with Crippen LogP contribution >= 0.6 is 0 Å². The maximum absolute atomic E-state index is 12.8. The molecule has 0 radical (unpaired) electrons. The van der Waals surface area contributed by atoms with Crippen LogP contribution in [0.3, 0.4) is 0 Å². The van der Waals surface area contributed by atoms with E-state index in [1.807, 2.05) is 38.1 Å². The van der Waals surface area contributed by atoms with Crippen molar-refractivity contribution in [2.75, 3.05) is 19.7 Å². The molecule has 0 bridgehead atoms. The molecule has 0 unspecified atom stereocenters. The summed E-state index contributed by atoms with van der Waals surface area (Å²) in [6.07, 6.45) is 4.05. The van der Waals surface area contributed by atoms with Crippen LogP contribution in [-0.2, 0) is 38.6 Å². The first-order chi connectivity index (χ1) is 17.2. The van der Waals surface area contributed by atoms with Crippen molar-refractivity contribution in [3.05, 3.63) is 60.2 Å². The van der Waals surface area contributed by atoms with Crippen LogP contribution in [0.1, 0.15) is 43.4 Å². The second-order valence-electron chi connectivity index (χ2n) is 9.98. The maximum atomic E-state index is 12.8. The van der Waals surface area contributed by atoms with Crippen LogP contribution in [0.25, 0.3) is 0 Å². The highest BCUT2D eigenvalue weighted by Crippen LogP contribution is 2.28. The summed E-state index contributed by atoms with van der Waals surface area (Å²) in [5, 5.41) is 2.43. The van der Waals surface area contributed by atoms with Crippen LogP contribution in [0.4, 0.5) is 9.59 Å². The minimum absolute atomic E-state index is 0.0829. The van der Waals surface area contributed by atoms with Crippen molar-refractivity contribution in [2.45, 2.75) is 58.3 Å². The Morgan fingerprint density at radius 2 is 1.97 bits per heavy atom. The molecule has 9 heteroatoms. The largest absolute Gasteiger partial charge is 0.449 e. The van der Waals surface area contributed by atoms with E-state index in [2.05, 4.69) is 18.5 Å². The number of fused-ring (bicyclic) bond motifs is 1. The van der Waals surface area contributed by atoms with Crippen LogP contribution in [0, 0.1) is 5.41 Å². The molecule has 1 aromatic rings. The van der Waals surface area contributed by atoms with Crippen LogP contribution in [0.5, 0.6) is 0 Å². The summed E-state index contributed by atoms with van der Waals surface area (Å²) in [5.41, 5.74) is 3.05. The first-order valence-electron chi connectivity index (χ1n) is 12.1.